The molecule has 258 valence electrons. The second-order valence-electron chi connectivity index (χ2n) is 12.1. The van der Waals surface area contributed by atoms with Crippen molar-refractivity contribution < 1.29 is 24.2 Å². The predicted molar refractivity (Wildman–Crippen MR) is 189 cm³/mol. The number of esters is 1. The third-order valence-corrected chi connectivity index (χ3v) is 7.71. The maximum absolute atomic E-state index is 12.6. The van der Waals surface area contributed by atoms with Crippen molar-refractivity contribution in [2.75, 3.05) is 6.54 Å². The van der Waals surface area contributed by atoms with Crippen LogP contribution in [-0.2, 0) is 19.1 Å². The molecule has 0 aliphatic rings. The average molecular weight is 630 g/mol. The summed E-state index contributed by atoms with van der Waals surface area (Å²) in [4.78, 5) is 34.8. The molecule has 0 saturated carbocycles. The Balaban J connectivity index is 4.21. The topological polar surface area (TPSA) is 92.7 Å². The first kappa shape index (κ1) is 42.4. The third-order valence-electron chi connectivity index (χ3n) is 7.71. The fraction of sp³-hybridized carbons (Fsp3) is 0.718. The van der Waals surface area contributed by atoms with Crippen LogP contribution in [0.2, 0.25) is 0 Å². The van der Waals surface area contributed by atoms with Crippen molar-refractivity contribution in [3.63, 3.8) is 0 Å². The number of allylic oxidation sites excluding steroid dienone is 7. The largest absolute Gasteiger partial charge is 0.480 e. The van der Waals surface area contributed by atoms with E-state index in [1.807, 2.05) is 6.08 Å². The summed E-state index contributed by atoms with van der Waals surface area (Å²) < 4.78 is 5.85. The fourth-order valence-electron chi connectivity index (χ4n) is 4.96. The van der Waals surface area contributed by atoms with E-state index in [1.54, 1.807) is 0 Å². The van der Waals surface area contributed by atoms with Crippen molar-refractivity contribution in [1.82, 2.24) is 5.32 Å². The molecule has 45 heavy (non-hydrogen) atoms. The van der Waals surface area contributed by atoms with Gasteiger partial charge in [-0.15, -0.1) is 0 Å². The number of carboxylic acids is 1. The predicted octanol–water partition coefficient (Wildman–Crippen LogP) is 10.7. The van der Waals surface area contributed by atoms with E-state index >= 15 is 0 Å². The van der Waals surface area contributed by atoms with Gasteiger partial charge in [-0.1, -0.05) is 121 Å². The van der Waals surface area contributed by atoms with E-state index in [4.69, 9.17) is 9.84 Å². The number of carboxylic acid groups (broad SMARTS) is 1. The van der Waals surface area contributed by atoms with Crippen LogP contribution in [0.4, 0.5) is 0 Å². The zero-order chi connectivity index (χ0) is 33.1. The Kier molecular flexibility index (Phi) is 32.2. The van der Waals surface area contributed by atoms with Crippen LogP contribution in [-0.4, -0.2) is 35.6 Å². The molecule has 1 amide bonds. The summed E-state index contributed by atoms with van der Waals surface area (Å²) in [6, 6.07) is 0. The zero-order valence-electron chi connectivity index (χ0n) is 29.0. The average Bonchev–Trinajstić information content (AvgIpc) is 3.02. The molecule has 0 bridgehead atoms. The first-order chi connectivity index (χ1) is 22.0. The SMILES string of the molecule is CCCCC/C=C\C/C=C\C(CCCCCCC(=O)NCC(=O)O)OC(=O)CCCCCCC/C=C\C/C=C\CCCCCC. The summed E-state index contributed by atoms with van der Waals surface area (Å²) in [6.07, 6.45) is 42.4. The minimum atomic E-state index is -1.03. The van der Waals surface area contributed by atoms with Gasteiger partial charge in [-0.25, -0.2) is 0 Å². The molecule has 0 aromatic heterocycles. The third kappa shape index (κ3) is 34.1. The molecule has 1 atom stereocenters. The first-order valence-corrected chi connectivity index (χ1v) is 18.3. The highest BCUT2D eigenvalue weighted by Gasteiger charge is 2.11. The van der Waals surface area contributed by atoms with E-state index in [9.17, 15) is 14.4 Å². The van der Waals surface area contributed by atoms with Crippen LogP contribution < -0.4 is 5.32 Å². The Morgan fingerprint density at radius 3 is 1.71 bits per heavy atom. The van der Waals surface area contributed by atoms with Crippen LogP contribution in [0.1, 0.15) is 168 Å². The zero-order valence-corrected chi connectivity index (χ0v) is 29.0. The molecule has 1 unspecified atom stereocenters. The quantitative estimate of drug-likeness (QED) is 0.0439. The van der Waals surface area contributed by atoms with Crippen LogP contribution >= 0.6 is 0 Å². The molecule has 0 aromatic carbocycles. The molecule has 0 fully saturated rings. The summed E-state index contributed by atoms with van der Waals surface area (Å²) in [5.74, 6) is -1.37. The molecular formula is C39H67NO5. The van der Waals surface area contributed by atoms with Crippen LogP contribution in [0.25, 0.3) is 0 Å². The molecule has 0 rings (SSSR count). The second-order valence-corrected chi connectivity index (χ2v) is 12.1. The van der Waals surface area contributed by atoms with Gasteiger partial charge in [0.2, 0.25) is 5.91 Å². The highest BCUT2D eigenvalue weighted by molar-refractivity contribution is 5.80. The molecule has 0 aliphatic heterocycles. The highest BCUT2D eigenvalue weighted by Crippen LogP contribution is 2.14. The Labute approximate surface area is 276 Å². The minimum absolute atomic E-state index is 0.115. The number of unbranched alkanes of at least 4 members (excludes halogenated alkanes) is 15. The van der Waals surface area contributed by atoms with E-state index in [2.05, 4.69) is 61.7 Å². The monoisotopic (exact) mass is 630 g/mol. The number of hydrogen-bond donors (Lipinski definition) is 2. The van der Waals surface area contributed by atoms with Crippen molar-refractivity contribution in [3.05, 3.63) is 48.6 Å². The van der Waals surface area contributed by atoms with Gasteiger partial charge < -0.3 is 15.2 Å². The van der Waals surface area contributed by atoms with Gasteiger partial charge in [-0.05, 0) is 83.1 Å². The van der Waals surface area contributed by atoms with Crippen LogP contribution in [0, 0.1) is 0 Å². The van der Waals surface area contributed by atoms with E-state index in [0.29, 0.717) is 12.8 Å². The molecule has 2 N–H and O–H groups in total. The minimum Gasteiger partial charge on any atom is -0.480 e. The van der Waals surface area contributed by atoms with Crippen LogP contribution in [0.15, 0.2) is 48.6 Å². The van der Waals surface area contributed by atoms with Crippen molar-refractivity contribution in [2.45, 2.75) is 174 Å². The Bertz CT molecular complexity index is 829. The first-order valence-electron chi connectivity index (χ1n) is 18.3. The highest BCUT2D eigenvalue weighted by atomic mass is 16.5. The Morgan fingerprint density at radius 1 is 0.600 bits per heavy atom. The number of ether oxygens (including phenoxy) is 1. The van der Waals surface area contributed by atoms with Crippen molar-refractivity contribution in [3.8, 4) is 0 Å². The van der Waals surface area contributed by atoms with Crippen molar-refractivity contribution in [2.24, 2.45) is 0 Å². The molecule has 0 heterocycles. The van der Waals surface area contributed by atoms with E-state index in [0.717, 1.165) is 77.0 Å². The van der Waals surface area contributed by atoms with Gasteiger partial charge in [0.15, 0.2) is 0 Å². The van der Waals surface area contributed by atoms with Gasteiger partial charge in [-0.2, -0.15) is 0 Å². The van der Waals surface area contributed by atoms with Gasteiger partial charge >= 0.3 is 11.9 Å². The number of nitrogens with one attached hydrogen (secondary N) is 1. The number of amides is 1. The van der Waals surface area contributed by atoms with Gasteiger partial charge in [0.25, 0.3) is 0 Å². The molecule has 0 radical (unpaired) electrons. The smallest absolute Gasteiger partial charge is 0.322 e. The van der Waals surface area contributed by atoms with Crippen molar-refractivity contribution in [1.29, 1.82) is 0 Å². The van der Waals surface area contributed by atoms with Gasteiger partial charge in [0.1, 0.15) is 12.6 Å². The van der Waals surface area contributed by atoms with E-state index in [-0.39, 0.29) is 24.5 Å². The number of carbonyl (C=O) groups excluding carboxylic acids is 2. The lowest BCUT2D eigenvalue weighted by Crippen LogP contribution is -2.28. The Morgan fingerprint density at radius 2 is 1.09 bits per heavy atom. The summed E-state index contributed by atoms with van der Waals surface area (Å²) in [5.41, 5.74) is 0. The molecule has 6 heteroatoms. The Hall–Kier alpha value is -2.63. The van der Waals surface area contributed by atoms with E-state index < -0.39 is 5.97 Å². The summed E-state index contributed by atoms with van der Waals surface area (Å²) in [5, 5.41) is 11.0. The fourth-order valence-corrected chi connectivity index (χ4v) is 4.96. The molecule has 0 aromatic rings. The van der Waals surface area contributed by atoms with Crippen LogP contribution in [0.3, 0.4) is 0 Å². The molecule has 6 nitrogen and oxygen atoms in total. The lowest BCUT2D eigenvalue weighted by Gasteiger charge is -2.14. The molecule has 0 spiro atoms. The van der Waals surface area contributed by atoms with Gasteiger partial charge in [-0.3, -0.25) is 14.4 Å². The standard InChI is InChI=1S/C39H67NO5/c1-3-5-7-9-11-13-14-15-16-17-18-19-20-22-24-30-34-39(44)45-36(31-27-23-21-12-10-8-6-4-2)32-28-25-26-29-33-37(41)40-35-38(42)43/h12-14,16-17,21,27,31,36H,3-11,15,18-20,22-26,28-30,32-35H2,1-2H3,(H,40,41)(H,42,43)/b14-13-,17-16-,21-12-,31-27-. The van der Waals surface area contributed by atoms with E-state index in [1.165, 1.54) is 64.2 Å². The van der Waals surface area contributed by atoms with Crippen LogP contribution in [0.5, 0.6) is 0 Å². The summed E-state index contributed by atoms with van der Waals surface area (Å²) in [7, 11) is 0. The lowest BCUT2D eigenvalue weighted by molar-refractivity contribution is -0.147. The number of aliphatic carboxylic acids is 1. The van der Waals surface area contributed by atoms with Gasteiger partial charge in [0, 0.05) is 12.8 Å². The number of hydrogen-bond acceptors (Lipinski definition) is 4. The normalized spacial score (nSPS) is 12.6. The van der Waals surface area contributed by atoms with Gasteiger partial charge in [0.05, 0.1) is 0 Å². The van der Waals surface area contributed by atoms with Crippen molar-refractivity contribution >= 4 is 17.8 Å². The molecule has 0 saturated heterocycles. The number of carbonyl (C=O) groups is 3. The summed E-state index contributed by atoms with van der Waals surface area (Å²) >= 11 is 0. The maximum Gasteiger partial charge on any atom is 0.322 e. The lowest BCUT2D eigenvalue weighted by atomic mass is 10.1. The second kappa shape index (κ2) is 34.2. The number of rotatable bonds is 32. The maximum atomic E-state index is 12.6. The molecular weight excluding hydrogens is 562 g/mol. The molecule has 0 aliphatic carbocycles. The summed E-state index contributed by atoms with van der Waals surface area (Å²) in [6.45, 7) is 4.13.